The molecule has 0 bridgehead atoms. The molecule has 0 aliphatic rings. The van der Waals surface area contributed by atoms with Gasteiger partial charge in [0.05, 0.1) is 0 Å². The van der Waals surface area contributed by atoms with Crippen LogP contribution in [0.2, 0.25) is 0 Å². The Morgan fingerprint density at radius 1 is 0.765 bits per heavy atom. The van der Waals surface area contributed by atoms with Gasteiger partial charge in [-0.2, -0.15) is 0 Å². The van der Waals surface area contributed by atoms with Crippen molar-refractivity contribution in [1.82, 2.24) is 5.32 Å². The maximum absolute atomic E-state index is 12.9. The van der Waals surface area contributed by atoms with E-state index in [9.17, 15) is 9.18 Å². The van der Waals surface area contributed by atoms with E-state index in [1.807, 2.05) is 36.4 Å². The topological polar surface area (TPSA) is 41.1 Å². The van der Waals surface area contributed by atoms with Crippen molar-refractivity contribution in [3.8, 4) is 0 Å². The van der Waals surface area contributed by atoms with Gasteiger partial charge >= 0.3 is 0 Å². The SMILES string of the molecule is Cc1ccccc1.O=C(NCCNc1ccc(SCc2ccccc2)cc1)c1ccc(F)cc1. The molecule has 0 aromatic heterocycles. The van der Waals surface area contributed by atoms with E-state index >= 15 is 0 Å². The third-order valence-electron chi connectivity index (χ3n) is 4.89. The number of carbonyl (C=O) groups excluding carboxylic acids is 1. The van der Waals surface area contributed by atoms with Crippen molar-refractivity contribution < 1.29 is 9.18 Å². The fourth-order valence-electron chi connectivity index (χ4n) is 3.03. The molecule has 174 valence electrons. The fraction of sp³-hybridized carbons (Fsp3) is 0.138. The van der Waals surface area contributed by atoms with Gasteiger partial charge in [-0.05, 0) is 61.0 Å². The summed E-state index contributed by atoms with van der Waals surface area (Å²) in [6.07, 6.45) is 0. The van der Waals surface area contributed by atoms with E-state index in [1.165, 1.54) is 40.3 Å². The molecule has 5 heteroatoms. The van der Waals surface area contributed by atoms with Crippen LogP contribution in [0.1, 0.15) is 21.5 Å². The predicted octanol–water partition coefficient (Wildman–Crippen LogP) is 6.95. The molecule has 0 fully saturated rings. The minimum Gasteiger partial charge on any atom is -0.383 e. The minimum atomic E-state index is -0.349. The second-order valence-corrected chi connectivity index (χ2v) is 8.69. The van der Waals surface area contributed by atoms with Gasteiger partial charge in [0.25, 0.3) is 5.91 Å². The number of thioether (sulfide) groups is 1. The Balaban J connectivity index is 0.000000396. The molecule has 0 saturated heterocycles. The summed E-state index contributed by atoms with van der Waals surface area (Å²) in [5, 5.41) is 6.09. The van der Waals surface area contributed by atoms with Gasteiger partial charge in [-0.1, -0.05) is 66.2 Å². The maximum atomic E-state index is 12.9. The number of rotatable bonds is 8. The molecule has 2 N–H and O–H groups in total. The molecular weight excluding hydrogens is 443 g/mol. The number of hydrogen-bond donors (Lipinski definition) is 2. The van der Waals surface area contributed by atoms with Crippen LogP contribution < -0.4 is 10.6 Å². The lowest BCUT2D eigenvalue weighted by molar-refractivity contribution is 0.0955. The zero-order valence-electron chi connectivity index (χ0n) is 19.2. The van der Waals surface area contributed by atoms with Gasteiger partial charge in [-0.15, -0.1) is 11.8 Å². The number of nitrogens with one attached hydrogen (secondary N) is 2. The summed E-state index contributed by atoms with van der Waals surface area (Å²) in [5.41, 5.74) is 4.09. The Morgan fingerprint density at radius 3 is 1.97 bits per heavy atom. The van der Waals surface area contributed by atoms with Crippen LogP contribution in [0.25, 0.3) is 0 Å². The molecule has 4 rings (SSSR count). The maximum Gasteiger partial charge on any atom is 0.251 e. The molecule has 0 heterocycles. The van der Waals surface area contributed by atoms with Gasteiger partial charge in [0.2, 0.25) is 0 Å². The Morgan fingerprint density at radius 2 is 1.38 bits per heavy atom. The summed E-state index contributed by atoms with van der Waals surface area (Å²) in [6, 6.07) is 34.4. The van der Waals surface area contributed by atoms with E-state index in [0.29, 0.717) is 18.7 Å². The Kier molecular flexibility index (Phi) is 10.2. The van der Waals surface area contributed by atoms with Crippen molar-refractivity contribution in [2.75, 3.05) is 18.4 Å². The van der Waals surface area contributed by atoms with Crippen LogP contribution in [-0.2, 0) is 5.75 Å². The lowest BCUT2D eigenvalue weighted by atomic mass is 10.2. The zero-order chi connectivity index (χ0) is 24.0. The van der Waals surface area contributed by atoms with Crippen LogP contribution in [0.5, 0.6) is 0 Å². The van der Waals surface area contributed by atoms with Gasteiger partial charge in [0.1, 0.15) is 5.82 Å². The van der Waals surface area contributed by atoms with E-state index in [1.54, 1.807) is 11.8 Å². The molecule has 0 radical (unpaired) electrons. The average Bonchev–Trinajstić information content (AvgIpc) is 2.88. The van der Waals surface area contributed by atoms with Crippen molar-refractivity contribution >= 4 is 23.4 Å². The van der Waals surface area contributed by atoms with Crippen LogP contribution in [-0.4, -0.2) is 19.0 Å². The Labute approximate surface area is 205 Å². The molecule has 0 unspecified atom stereocenters. The molecule has 0 atom stereocenters. The van der Waals surface area contributed by atoms with Gasteiger partial charge < -0.3 is 10.6 Å². The predicted molar refractivity (Wildman–Crippen MR) is 141 cm³/mol. The van der Waals surface area contributed by atoms with Crippen molar-refractivity contribution in [1.29, 1.82) is 0 Å². The van der Waals surface area contributed by atoms with Gasteiger partial charge in [0, 0.05) is 35.0 Å². The first kappa shape index (κ1) is 25.1. The summed E-state index contributed by atoms with van der Waals surface area (Å²) in [5.74, 6) is 0.395. The van der Waals surface area contributed by atoms with Gasteiger partial charge in [-0.3, -0.25) is 4.79 Å². The number of carbonyl (C=O) groups is 1. The molecule has 1 amide bonds. The number of benzene rings is 4. The normalized spacial score (nSPS) is 10.1. The van der Waals surface area contributed by atoms with Crippen LogP contribution >= 0.6 is 11.8 Å². The lowest BCUT2D eigenvalue weighted by Gasteiger charge is -2.09. The van der Waals surface area contributed by atoms with Crippen molar-refractivity contribution in [3.05, 3.63) is 132 Å². The molecule has 0 aliphatic heterocycles. The Bertz CT molecular complexity index is 1120. The summed E-state index contributed by atoms with van der Waals surface area (Å²) in [6.45, 7) is 3.18. The fourth-order valence-corrected chi connectivity index (χ4v) is 3.88. The van der Waals surface area contributed by atoms with E-state index in [2.05, 4.69) is 66.1 Å². The molecule has 3 nitrogen and oxygen atoms in total. The smallest absolute Gasteiger partial charge is 0.251 e. The first-order chi connectivity index (χ1) is 16.6. The third kappa shape index (κ3) is 9.12. The zero-order valence-corrected chi connectivity index (χ0v) is 20.0. The second kappa shape index (κ2) is 13.9. The molecule has 4 aromatic carbocycles. The quantitative estimate of drug-likeness (QED) is 0.215. The number of anilines is 1. The van der Waals surface area contributed by atoms with Crippen molar-refractivity contribution in [3.63, 3.8) is 0 Å². The largest absolute Gasteiger partial charge is 0.383 e. The number of hydrogen-bond acceptors (Lipinski definition) is 3. The molecule has 0 aliphatic carbocycles. The van der Waals surface area contributed by atoms with Gasteiger partial charge in [0.15, 0.2) is 0 Å². The van der Waals surface area contributed by atoms with Crippen LogP contribution in [0.3, 0.4) is 0 Å². The highest BCUT2D eigenvalue weighted by Crippen LogP contribution is 2.24. The van der Waals surface area contributed by atoms with Gasteiger partial charge in [-0.25, -0.2) is 4.39 Å². The number of aryl methyl sites for hydroxylation is 1. The van der Waals surface area contributed by atoms with Crippen LogP contribution in [0.15, 0.2) is 114 Å². The monoisotopic (exact) mass is 472 g/mol. The minimum absolute atomic E-state index is 0.204. The van der Waals surface area contributed by atoms with Crippen molar-refractivity contribution in [2.24, 2.45) is 0 Å². The van der Waals surface area contributed by atoms with E-state index in [0.717, 1.165) is 11.4 Å². The van der Waals surface area contributed by atoms with Crippen LogP contribution in [0, 0.1) is 12.7 Å². The molecule has 0 spiro atoms. The van der Waals surface area contributed by atoms with E-state index in [4.69, 9.17) is 0 Å². The first-order valence-corrected chi connectivity index (χ1v) is 12.1. The molecular formula is C29H29FN2OS. The standard InChI is InChI=1S/C22H21FN2OS.C7H8/c23-19-8-6-18(7-9-19)22(26)25-15-14-24-20-10-12-21(13-11-20)27-16-17-4-2-1-3-5-17;1-7-5-3-2-4-6-7/h1-13,24H,14-16H2,(H,25,26);2-6H,1H3. The third-order valence-corrected chi connectivity index (χ3v) is 5.97. The molecule has 34 heavy (non-hydrogen) atoms. The summed E-state index contributed by atoms with van der Waals surface area (Å²) < 4.78 is 12.9. The van der Waals surface area contributed by atoms with Crippen molar-refractivity contribution in [2.45, 2.75) is 17.6 Å². The summed E-state index contributed by atoms with van der Waals surface area (Å²) >= 11 is 1.80. The molecule has 0 saturated carbocycles. The first-order valence-electron chi connectivity index (χ1n) is 11.2. The highest BCUT2D eigenvalue weighted by atomic mass is 32.2. The summed E-state index contributed by atoms with van der Waals surface area (Å²) in [7, 11) is 0. The number of halogens is 1. The highest BCUT2D eigenvalue weighted by molar-refractivity contribution is 7.98. The summed E-state index contributed by atoms with van der Waals surface area (Å²) in [4.78, 5) is 13.2. The number of amides is 1. The Hall–Kier alpha value is -3.57. The van der Waals surface area contributed by atoms with E-state index < -0.39 is 0 Å². The average molecular weight is 473 g/mol. The van der Waals surface area contributed by atoms with E-state index in [-0.39, 0.29) is 11.7 Å². The van der Waals surface area contributed by atoms with Crippen LogP contribution in [0.4, 0.5) is 10.1 Å². The second-order valence-electron chi connectivity index (χ2n) is 7.64. The molecule has 4 aromatic rings. The lowest BCUT2D eigenvalue weighted by Crippen LogP contribution is -2.28. The highest BCUT2D eigenvalue weighted by Gasteiger charge is 2.04.